The summed E-state index contributed by atoms with van der Waals surface area (Å²) in [5, 5.41) is 0. The number of fused-ring (bicyclic) bond motifs is 7. The Morgan fingerprint density at radius 2 is 1.71 bits per heavy atom. The molecule has 10 heteroatoms. The van der Waals surface area contributed by atoms with Gasteiger partial charge in [0.2, 0.25) is 11.8 Å². The van der Waals surface area contributed by atoms with Crippen molar-refractivity contribution in [2.24, 2.45) is 17.3 Å². The molecule has 1 spiro atoms. The average molecular weight is 665 g/mol. The summed E-state index contributed by atoms with van der Waals surface area (Å²) >= 11 is 0. The van der Waals surface area contributed by atoms with Crippen molar-refractivity contribution in [1.29, 1.82) is 0 Å². The standard InChI is InChI=1S/C38H44N6O3S/c1-21(2)33-30-16-28(35(33)36-24(5)39-20-31(41-36)44(6)26-18-38(19-26)13-14-38)25-11-8-12-27(15-25)48(45,46)43-37-40-29(17-32(42-37)47-30)34-22(3)9-7-10-23(34)4/h7-12,15,17,20-21,26,28,30,33,35H,13-14,16,18-19H2,1-6H3,(H,40,42,43). The van der Waals surface area contributed by atoms with Gasteiger partial charge in [0.15, 0.2) is 0 Å². The first-order valence-corrected chi connectivity index (χ1v) is 18.7. The number of nitrogens with one attached hydrogen (secondary N) is 1. The van der Waals surface area contributed by atoms with Gasteiger partial charge in [-0.15, -0.1) is 0 Å². The molecule has 4 aromatic rings. The van der Waals surface area contributed by atoms with Gasteiger partial charge in [-0.05, 0) is 98.9 Å². The van der Waals surface area contributed by atoms with Gasteiger partial charge >= 0.3 is 0 Å². The van der Waals surface area contributed by atoms with Crippen molar-refractivity contribution in [3.63, 3.8) is 0 Å². The molecule has 4 aliphatic rings. The van der Waals surface area contributed by atoms with Crippen LogP contribution in [-0.2, 0) is 10.0 Å². The summed E-state index contributed by atoms with van der Waals surface area (Å²) < 4.78 is 37.3. The number of rotatable bonds is 5. The summed E-state index contributed by atoms with van der Waals surface area (Å²) in [6.07, 6.45) is 7.57. The van der Waals surface area contributed by atoms with Crippen LogP contribution in [-0.4, -0.2) is 47.5 Å². The molecule has 3 heterocycles. The third-order valence-corrected chi connectivity index (χ3v) is 12.9. The molecule has 0 radical (unpaired) electrons. The molecule has 2 aromatic carbocycles. The Morgan fingerprint density at radius 3 is 2.42 bits per heavy atom. The molecule has 8 rings (SSSR count). The highest BCUT2D eigenvalue weighted by Crippen LogP contribution is 2.62. The summed E-state index contributed by atoms with van der Waals surface area (Å²) in [7, 11) is -1.85. The molecule has 4 atom stereocenters. The van der Waals surface area contributed by atoms with Crippen molar-refractivity contribution in [2.45, 2.75) is 95.6 Å². The Kier molecular flexibility index (Phi) is 7.32. The van der Waals surface area contributed by atoms with E-state index in [4.69, 9.17) is 19.7 Å². The molecule has 4 unspecified atom stereocenters. The number of sulfonamides is 1. The minimum absolute atomic E-state index is 0.00950. The van der Waals surface area contributed by atoms with Crippen LogP contribution < -0.4 is 14.4 Å². The van der Waals surface area contributed by atoms with E-state index in [2.05, 4.69) is 35.5 Å². The zero-order chi connectivity index (χ0) is 33.5. The Bertz CT molecular complexity index is 2000. The van der Waals surface area contributed by atoms with E-state index in [0.717, 1.165) is 39.5 Å². The fourth-order valence-corrected chi connectivity index (χ4v) is 9.79. The van der Waals surface area contributed by atoms with E-state index in [1.165, 1.54) is 25.7 Å². The predicted molar refractivity (Wildman–Crippen MR) is 187 cm³/mol. The summed E-state index contributed by atoms with van der Waals surface area (Å²) in [4.78, 5) is 22.2. The van der Waals surface area contributed by atoms with E-state index < -0.39 is 10.0 Å². The summed E-state index contributed by atoms with van der Waals surface area (Å²) in [5.74, 6) is 1.47. The van der Waals surface area contributed by atoms with Crippen molar-refractivity contribution >= 4 is 21.8 Å². The average Bonchev–Trinajstić information content (AvgIpc) is 3.74. The lowest BCUT2D eigenvalue weighted by atomic mass is 9.76. The molecule has 250 valence electrons. The van der Waals surface area contributed by atoms with Gasteiger partial charge in [-0.3, -0.25) is 4.98 Å². The number of aromatic nitrogens is 4. The maximum atomic E-state index is 13.9. The van der Waals surface area contributed by atoms with Crippen LogP contribution >= 0.6 is 0 Å². The van der Waals surface area contributed by atoms with Gasteiger partial charge < -0.3 is 9.64 Å². The van der Waals surface area contributed by atoms with Gasteiger partial charge in [-0.25, -0.2) is 23.1 Å². The molecule has 3 saturated carbocycles. The fourth-order valence-electron chi connectivity index (χ4n) is 8.79. The topological polar surface area (TPSA) is 110 Å². The van der Waals surface area contributed by atoms with Crippen molar-refractivity contribution in [2.75, 3.05) is 16.7 Å². The number of nitrogens with zero attached hydrogens (tertiary/aromatic N) is 5. The Balaban J connectivity index is 1.26. The van der Waals surface area contributed by atoms with Crippen LogP contribution in [0.15, 0.2) is 59.6 Å². The summed E-state index contributed by atoms with van der Waals surface area (Å²) in [5.41, 5.74) is 7.04. The lowest BCUT2D eigenvalue weighted by Crippen LogP contribution is -2.44. The first kappa shape index (κ1) is 31.2. The largest absolute Gasteiger partial charge is 0.474 e. The van der Waals surface area contributed by atoms with Gasteiger partial charge in [0.05, 0.1) is 28.2 Å². The van der Waals surface area contributed by atoms with Crippen molar-refractivity contribution < 1.29 is 13.2 Å². The van der Waals surface area contributed by atoms with Crippen LogP contribution in [0.25, 0.3) is 11.3 Å². The van der Waals surface area contributed by atoms with Crippen LogP contribution in [0.5, 0.6) is 5.88 Å². The third kappa shape index (κ3) is 5.32. The Morgan fingerprint density at radius 1 is 0.979 bits per heavy atom. The molecule has 3 fully saturated rings. The van der Waals surface area contributed by atoms with Gasteiger partial charge in [-0.2, -0.15) is 4.98 Å². The molecule has 0 amide bonds. The SMILES string of the molecule is Cc1cccc(C)c1-c1cc2nc(n1)NS(=O)(=O)c1cccc(c1)C1CC(O2)C(C(C)C)C1c1nc(N(C)C2CC3(CC3)C2)cnc1C. The Hall–Kier alpha value is -4.05. The first-order valence-electron chi connectivity index (χ1n) is 17.2. The number of anilines is 2. The predicted octanol–water partition coefficient (Wildman–Crippen LogP) is 7.34. The van der Waals surface area contributed by atoms with Crippen LogP contribution in [0.1, 0.15) is 85.9 Å². The second-order valence-electron chi connectivity index (χ2n) is 15.1. The smallest absolute Gasteiger partial charge is 0.264 e. The number of hydrogen-bond acceptors (Lipinski definition) is 8. The molecular weight excluding hydrogens is 621 g/mol. The van der Waals surface area contributed by atoms with Crippen LogP contribution in [0.2, 0.25) is 0 Å². The molecule has 6 bridgehead atoms. The maximum Gasteiger partial charge on any atom is 0.264 e. The third-order valence-electron chi connectivity index (χ3n) is 11.6. The van der Waals surface area contributed by atoms with Gasteiger partial charge in [-0.1, -0.05) is 44.2 Å². The van der Waals surface area contributed by atoms with E-state index in [9.17, 15) is 8.42 Å². The fraction of sp³-hybridized carbons (Fsp3) is 0.474. The minimum atomic E-state index is -4.00. The van der Waals surface area contributed by atoms with E-state index in [-0.39, 0.29) is 40.6 Å². The molecular formula is C38H44N6O3S. The van der Waals surface area contributed by atoms with Crippen molar-refractivity contribution in [3.8, 4) is 17.1 Å². The molecule has 0 saturated heterocycles. The molecule has 1 N–H and O–H groups in total. The van der Waals surface area contributed by atoms with Gasteiger partial charge in [0.1, 0.15) is 11.9 Å². The lowest BCUT2D eigenvalue weighted by molar-refractivity contribution is 0.118. The normalized spacial score (nSPS) is 26.1. The molecule has 2 aromatic heterocycles. The second kappa shape index (κ2) is 11.3. The van der Waals surface area contributed by atoms with E-state index in [1.807, 2.05) is 63.4 Å². The van der Waals surface area contributed by atoms with E-state index in [0.29, 0.717) is 29.5 Å². The highest BCUT2D eigenvalue weighted by Gasteiger charge is 2.54. The van der Waals surface area contributed by atoms with E-state index in [1.54, 1.807) is 12.1 Å². The number of hydrogen-bond donors (Lipinski definition) is 1. The summed E-state index contributed by atoms with van der Waals surface area (Å²) in [6.45, 7) is 10.6. The number of aryl methyl sites for hydroxylation is 3. The monoisotopic (exact) mass is 664 g/mol. The molecule has 48 heavy (non-hydrogen) atoms. The Labute approximate surface area is 283 Å². The first-order chi connectivity index (χ1) is 22.9. The molecule has 9 nitrogen and oxygen atoms in total. The van der Waals surface area contributed by atoms with Gasteiger partial charge in [0.25, 0.3) is 10.0 Å². The highest BCUT2D eigenvalue weighted by molar-refractivity contribution is 7.92. The van der Waals surface area contributed by atoms with E-state index >= 15 is 0 Å². The zero-order valence-corrected chi connectivity index (χ0v) is 29.4. The lowest BCUT2D eigenvalue weighted by Gasteiger charge is -2.42. The molecule has 1 aliphatic heterocycles. The quantitative estimate of drug-likeness (QED) is 0.236. The van der Waals surface area contributed by atoms with Crippen molar-refractivity contribution in [1.82, 2.24) is 19.9 Å². The second-order valence-corrected chi connectivity index (χ2v) is 16.8. The number of benzene rings is 2. The van der Waals surface area contributed by atoms with Crippen molar-refractivity contribution in [3.05, 3.63) is 82.8 Å². The summed E-state index contributed by atoms with van der Waals surface area (Å²) in [6, 6.07) is 15.7. The minimum Gasteiger partial charge on any atom is -0.474 e. The van der Waals surface area contributed by atoms with Crippen LogP contribution in [0.3, 0.4) is 0 Å². The highest BCUT2D eigenvalue weighted by atomic mass is 32.2. The number of ether oxygens (including phenoxy) is 1. The van der Waals surface area contributed by atoms with Crippen LogP contribution in [0, 0.1) is 38.0 Å². The van der Waals surface area contributed by atoms with Gasteiger partial charge in [0, 0.05) is 36.6 Å². The van der Waals surface area contributed by atoms with Crippen LogP contribution in [0.4, 0.5) is 11.8 Å². The zero-order valence-electron chi connectivity index (χ0n) is 28.6. The molecule has 3 aliphatic carbocycles. The maximum absolute atomic E-state index is 13.9.